The molecule has 6 nitrogen and oxygen atoms in total. The van der Waals surface area contributed by atoms with Gasteiger partial charge < -0.3 is 14.0 Å². The van der Waals surface area contributed by atoms with Gasteiger partial charge in [0.25, 0.3) is 0 Å². The third-order valence-corrected chi connectivity index (χ3v) is 5.47. The van der Waals surface area contributed by atoms with Crippen molar-refractivity contribution in [2.45, 2.75) is 18.7 Å². The summed E-state index contributed by atoms with van der Waals surface area (Å²) in [6.45, 7) is 3.76. The lowest BCUT2D eigenvalue weighted by molar-refractivity contribution is 0.0523. The molecule has 3 rings (SSSR count). The van der Waals surface area contributed by atoms with Crippen molar-refractivity contribution in [1.29, 1.82) is 0 Å². The van der Waals surface area contributed by atoms with E-state index in [1.54, 1.807) is 49.4 Å². The van der Waals surface area contributed by atoms with Crippen LogP contribution in [-0.2, 0) is 14.9 Å². The van der Waals surface area contributed by atoms with Crippen molar-refractivity contribution < 1.29 is 27.2 Å². The van der Waals surface area contributed by atoms with Gasteiger partial charge in [0.05, 0.1) is 6.61 Å². The van der Waals surface area contributed by atoms with E-state index in [4.69, 9.17) is 8.92 Å². The number of carbonyl (C=O) groups is 1. The van der Waals surface area contributed by atoms with Crippen LogP contribution in [0.2, 0.25) is 0 Å². The van der Waals surface area contributed by atoms with Crippen LogP contribution < -0.4 is 4.18 Å². The number of hydrogen-bond acceptors (Lipinski definition) is 6. The number of phenolic OH excluding ortho intramolecular Hbond substituents is 1. The quantitative estimate of drug-likeness (QED) is 0.369. The van der Waals surface area contributed by atoms with Crippen LogP contribution in [0, 0.1) is 18.8 Å². The van der Waals surface area contributed by atoms with Gasteiger partial charge in [-0.2, -0.15) is 8.42 Å². The number of esters is 1. The molecule has 0 bridgehead atoms. The van der Waals surface area contributed by atoms with E-state index in [0.717, 1.165) is 5.56 Å². The summed E-state index contributed by atoms with van der Waals surface area (Å²) in [5.41, 5.74) is 2.10. The first kappa shape index (κ1) is 21.9. The normalized spacial score (nSPS) is 10.6. The average molecular weight is 436 g/mol. The van der Waals surface area contributed by atoms with E-state index in [1.807, 2.05) is 6.92 Å². The molecule has 0 spiro atoms. The fourth-order valence-corrected chi connectivity index (χ4v) is 3.53. The lowest BCUT2D eigenvalue weighted by atomic mass is 10.1. The number of benzene rings is 3. The van der Waals surface area contributed by atoms with Crippen LogP contribution in [0.4, 0.5) is 0 Å². The maximum absolute atomic E-state index is 12.4. The monoisotopic (exact) mass is 436 g/mol. The zero-order valence-electron chi connectivity index (χ0n) is 17.0. The Morgan fingerprint density at radius 1 is 0.935 bits per heavy atom. The predicted octanol–water partition coefficient (Wildman–Crippen LogP) is 4.04. The first-order valence-electron chi connectivity index (χ1n) is 9.42. The molecule has 7 heteroatoms. The summed E-state index contributed by atoms with van der Waals surface area (Å²) < 4.78 is 34.9. The van der Waals surface area contributed by atoms with Crippen molar-refractivity contribution >= 4 is 16.1 Å². The van der Waals surface area contributed by atoms with Crippen molar-refractivity contribution in [2.75, 3.05) is 6.61 Å². The second kappa shape index (κ2) is 9.37. The molecule has 0 saturated carbocycles. The summed E-state index contributed by atoms with van der Waals surface area (Å²) >= 11 is 0. The molecular weight excluding hydrogens is 416 g/mol. The molecule has 0 unspecified atom stereocenters. The van der Waals surface area contributed by atoms with Crippen molar-refractivity contribution in [2.24, 2.45) is 0 Å². The lowest BCUT2D eigenvalue weighted by Gasteiger charge is -2.07. The standard InChI is InChI=1S/C24H20O6S/c1-3-29-24(26)22-16-19(10-15-23(22)25)7-6-18-8-13-21(14-9-18)31(27,28)30-20-11-4-17(2)5-12-20/h4-5,8-16,25H,3H2,1-2H3. The van der Waals surface area contributed by atoms with Gasteiger partial charge in [0.1, 0.15) is 22.0 Å². The zero-order chi connectivity index (χ0) is 22.4. The molecule has 0 aliphatic carbocycles. The highest BCUT2D eigenvalue weighted by atomic mass is 32.2. The zero-order valence-corrected chi connectivity index (χ0v) is 17.8. The van der Waals surface area contributed by atoms with E-state index in [2.05, 4.69) is 11.8 Å². The van der Waals surface area contributed by atoms with Crippen molar-refractivity contribution in [3.8, 4) is 23.3 Å². The van der Waals surface area contributed by atoms with Gasteiger partial charge in [-0.05, 0) is 68.4 Å². The third-order valence-electron chi connectivity index (χ3n) is 4.21. The summed E-state index contributed by atoms with van der Waals surface area (Å²) in [6, 6.07) is 17.0. The van der Waals surface area contributed by atoms with E-state index >= 15 is 0 Å². The fourth-order valence-electron chi connectivity index (χ4n) is 2.60. The van der Waals surface area contributed by atoms with Gasteiger partial charge in [-0.1, -0.05) is 29.5 Å². The molecule has 0 heterocycles. The molecule has 0 radical (unpaired) electrons. The summed E-state index contributed by atoms with van der Waals surface area (Å²) in [5, 5.41) is 9.83. The Bertz CT molecular complexity index is 1250. The molecule has 0 aliphatic heterocycles. The maximum atomic E-state index is 12.4. The molecule has 3 aromatic carbocycles. The van der Waals surface area contributed by atoms with Crippen LogP contribution in [0.3, 0.4) is 0 Å². The Balaban J connectivity index is 1.77. The molecule has 0 fully saturated rings. The Morgan fingerprint density at radius 2 is 1.55 bits per heavy atom. The van der Waals surface area contributed by atoms with Crippen LogP contribution in [-0.4, -0.2) is 26.1 Å². The SMILES string of the molecule is CCOC(=O)c1cc(C#Cc2ccc(S(=O)(=O)Oc3ccc(C)cc3)cc2)ccc1O. The summed E-state index contributed by atoms with van der Waals surface area (Å²) in [7, 11) is -3.96. The smallest absolute Gasteiger partial charge is 0.341 e. The maximum Gasteiger partial charge on any atom is 0.341 e. The van der Waals surface area contributed by atoms with E-state index < -0.39 is 16.1 Å². The topological polar surface area (TPSA) is 89.9 Å². The van der Waals surface area contributed by atoms with Crippen molar-refractivity contribution in [3.63, 3.8) is 0 Å². The summed E-state index contributed by atoms with van der Waals surface area (Å²) in [6.07, 6.45) is 0. The van der Waals surface area contributed by atoms with Crippen LogP contribution in [0.5, 0.6) is 11.5 Å². The van der Waals surface area contributed by atoms with E-state index in [0.29, 0.717) is 11.1 Å². The summed E-state index contributed by atoms with van der Waals surface area (Å²) in [5.74, 6) is 5.19. The van der Waals surface area contributed by atoms with Crippen LogP contribution in [0.1, 0.15) is 34.0 Å². The van der Waals surface area contributed by atoms with Gasteiger partial charge in [0.15, 0.2) is 0 Å². The van der Waals surface area contributed by atoms with Gasteiger partial charge in [-0.25, -0.2) is 4.79 Å². The average Bonchev–Trinajstić information content (AvgIpc) is 2.75. The molecular formula is C24H20O6S. The predicted molar refractivity (Wildman–Crippen MR) is 115 cm³/mol. The molecule has 0 amide bonds. The minimum atomic E-state index is -3.96. The van der Waals surface area contributed by atoms with Gasteiger partial charge in [0, 0.05) is 11.1 Å². The molecule has 0 atom stereocenters. The summed E-state index contributed by atoms with van der Waals surface area (Å²) in [4.78, 5) is 11.9. The third kappa shape index (κ3) is 5.65. The minimum Gasteiger partial charge on any atom is -0.507 e. The molecule has 158 valence electrons. The second-order valence-corrected chi connectivity index (χ2v) is 8.12. The number of phenols is 1. The Hall–Kier alpha value is -3.76. The number of carbonyl (C=O) groups excluding carboxylic acids is 1. The largest absolute Gasteiger partial charge is 0.507 e. The van der Waals surface area contributed by atoms with Gasteiger partial charge in [-0.3, -0.25) is 0 Å². The van der Waals surface area contributed by atoms with Crippen LogP contribution in [0.15, 0.2) is 71.6 Å². The first-order valence-corrected chi connectivity index (χ1v) is 10.8. The number of ether oxygens (including phenoxy) is 1. The van der Waals surface area contributed by atoms with E-state index in [-0.39, 0.29) is 28.6 Å². The lowest BCUT2D eigenvalue weighted by Crippen LogP contribution is -2.09. The van der Waals surface area contributed by atoms with Crippen LogP contribution in [0.25, 0.3) is 0 Å². The van der Waals surface area contributed by atoms with Gasteiger partial charge in [-0.15, -0.1) is 0 Å². The molecule has 0 saturated heterocycles. The Labute approximate surface area is 181 Å². The van der Waals surface area contributed by atoms with Crippen LogP contribution >= 0.6 is 0 Å². The molecule has 3 aromatic rings. The van der Waals surface area contributed by atoms with E-state index in [9.17, 15) is 18.3 Å². The van der Waals surface area contributed by atoms with Gasteiger partial charge >= 0.3 is 16.1 Å². The number of rotatable bonds is 5. The Kier molecular flexibility index (Phi) is 6.63. The first-order chi connectivity index (χ1) is 14.8. The molecule has 31 heavy (non-hydrogen) atoms. The number of aromatic hydroxyl groups is 1. The van der Waals surface area contributed by atoms with Gasteiger partial charge in [0.2, 0.25) is 0 Å². The fraction of sp³-hybridized carbons (Fsp3) is 0.125. The number of hydrogen-bond donors (Lipinski definition) is 1. The minimum absolute atomic E-state index is 0.00727. The van der Waals surface area contributed by atoms with E-state index in [1.165, 1.54) is 24.3 Å². The van der Waals surface area contributed by atoms with Crippen molar-refractivity contribution in [3.05, 3.63) is 89.0 Å². The molecule has 0 aliphatic rings. The number of aryl methyl sites for hydroxylation is 1. The highest BCUT2D eigenvalue weighted by Gasteiger charge is 2.16. The van der Waals surface area contributed by atoms with Crippen molar-refractivity contribution in [1.82, 2.24) is 0 Å². The Morgan fingerprint density at radius 3 is 2.19 bits per heavy atom. The second-order valence-electron chi connectivity index (χ2n) is 6.58. The highest BCUT2D eigenvalue weighted by molar-refractivity contribution is 7.87. The molecule has 0 aromatic heterocycles. The highest BCUT2D eigenvalue weighted by Crippen LogP contribution is 2.21. The molecule has 1 N–H and O–H groups in total.